The highest BCUT2D eigenvalue weighted by molar-refractivity contribution is 7.98. The van der Waals surface area contributed by atoms with E-state index in [4.69, 9.17) is 0 Å². The standard InChI is InChI=1S/C13H20N2O2S/c1-10-8-14-6-4-11(10)9-15(2)13(17)12(16)5-7-18-3/h4,6,8,12,16H,5,7,9H2,1-3H3. The number of likely N-dealkylation sites (N-methyl/N-ethyl adjacent to an activating group) is 1. The molecule has 1 N–H and O–H groups in total. The normalized spacial score (nSPS) is 12.2. The van der Waals surface area contributed by atoms with Crippen molar-refractivity contribution in [3.05, 3.63) is 29.6 Å². The SMILES string of the molecule is CSCCC(O)C(=O)N(C)Cc1ccncc1C. The Morgan fingerprint density at radius 2 is 2.33 bits per heavy atom. The molecule has 100 valence electrons. The van der Waals surface area contributed by atoms with Crippen molar-refractivity contribution in [2.45, 2.75) is 26.0 Å². The smallest absolute Gasteiger partial charge is 0.251 e. The number of rotatable bonds is 6. The van der Waals surface area contributed by atoms with Gasteiger partial charge < -0.3 is 10.0 Å². The quantitative estimate of drug-likeness (QED) is 0.848. The summed E-state index contributed by atoms with van der Waals surface area (Å²) in [6, 6.07) is 1.90. The fraction of sp³-hybridized carbons (Fsp3) is 0.538. The van der Waals surface area contributed by atoms with Crippen molar-refractivity contribution in [3.63, 3.8) is 0 Å². The number of carbonyl (C=O) groups excluding carboxylic acids is 1. The fourth-order valence-corrected chi connectivity index (χ4v) is 2.08. The predicted molar refractivity (Wildman–Crippen MR) is 74.5 cm³/mol. The van der Waals surface area contributed by atoms with E-state index in [9.17, 15) is 9.90 Å². The van der Waals surface area contributed by atoms with Gasteiger partial charge in [0.2, 0.25) is 0 Å². The lowest BCUT2D eigenvalue weighted by Gasteiger charge is -2.21. The average Bonchev–Trinajstić information content (AvgIpc) is 2.37. The van der Waals surface area contributed by atoms with Gasteiger partial charge in [-0.25, -0.2) is 0 Å². The summed E-state index contributed by atoms with van der Waals surface area (Å²) in [7, 11) is 1.71. The molecule has 1 rings (SSSR count). The molecule has 5 heteroatoms. The number of aromatic nitrogens is 1. The Labute approximate surface area is 112 Å². The van der Waals surface area contributed by atoms with Crippen LogP contribution in [0.2, 0.25) is 0 Å². The number of aliphatic hydroxyl groups excluding tert-OH is 1. The van der Waals surface area contributed by atoms with Crippen LogP contribution >= 0.6 is 11.8 Å². The highest BCUT2D eigenvalue weighted by atomic mass is 32.2. The zero-order valence-corrected chi connectivity index (χ0v) is 11.9. The number of aryl methyl sites for hydroxylation is 1. The summed E-state index contributed by atoms with van der Waals surface area (Å²) in [6.45, 7) is 2.47. The number of nitrogens with zero attached hydrogens (tertiary/aromatic N) is 2. The van der Waals surface area contributed by atoms with Crippen molar-refractivity contribution >= 4 is 17.7 Å². The molecule has 0 aliphatic rings. The Morgan fingerprint density at radius 3 is 2.94 bits per heavy atom. The van der Waals surface area contributed by atoms with E-state index >= 15 is 0 Å². The van der Waals surface area contributed by atoms with Crippen LogP contribution in [0.4, 0.5) is 0 Å². The molecule has 0 aliphatic heterocycles. The molecule has 18 heavy (non-hydrogen) atoms. The van der Waals surface area contributed by atoms with Crippen LogP contribution in [0.1, 0.15) is 17.5 Å². The molecule has 0 saturated carbocycles. The summed E-state index contributed by atoms with van der Waals surface area (Å²) >= 11 is 1.63. The van der Waals surface area contributed by atoms with Crippen molar-refractivity contribution in [2.24, 2.45) is 0 Å². The van der Waals surface area contributed by atoms with E-state index in [2.05, 4.69) is 4.98 Å². The first-order chi connectivity index (χ1) is 8.56. The fourth-order valence-electron chi connectivity index (χ4n) is 1.62. The van der Waals surface area contributed by atoms with Crippen LogP contribution in [0.5, 0.6) is 0 Å². The Morgan fingerprint density at radius 1 is 1.61 bits per heavy atom. The number of aliphatic hydroxyl groups is 1. The van der Waals surface area contributed by atoms with Gasteiger partial charge >= 0.3 is 0 Å². The van der Waals surface area contributed by atoms with Crippen LogP contribution in [-0.2, 0) is 11.3 Å². The second-order valence-corrected chi connectivity index (χ2v) is 5.28. The third kappa shape index (κ3) is 4.31. The van der Waals surface area contributed by atoms with E-state index in [0.29, 0.717) is 13.0 Å². The lowest BCUT2D eigenvalue weighted by atomic mass is 10.1. The summed E-state index contributed by atoms with van der Waals surface area (Å²) in [6.07, 6.45) is 5.05. The highest BCUT2D eigenvalue weighted by Crippen LogP contribution is 2.10. The van der Waals surface area contributed by atoms with E-state index in [-0.39, 0.29) is 5.91 Å². The largest absolute Gasteiger partial charge is 0.383 e. The molecule has 0 radical (unpaired) electrons. The maximum atomic E-state index is 11.9. The summed E-state index contributed by atoms with van der Waals surface area (Å²) in [5, 5.41) is 9.75. The number of hydrogen-bond donors (Lipinski definition) is 1. The van der Waals surface area contributed by atoms with Gasteiger partial charge in [0.15, 0.2) is 0 Å². The van der Waals surface area contributed by atoms with Crippen molar-refractivity contribution in [3.8, 4) is 0 Å². The molecule has 0 spiro atoms. The molecule has 1 atom stereocenters. The van der Waals surface area contributed by atoms with Crippen LogP contribution in [-0.4, -0.2) is 46.1 Å². The van der Waals surface area contributed by atoms with Gasteiger partial charge in [0.1, 0.15) is 6.10 Å². The Balaban J connectivity index is 2.57. The van der Waals surface area contributed by atoms with Gasteiger partial charge in [-0.3, -0.25) is 9.78 Å². The molecule has 0 aliphatic carbocycles. The summed E-state index contributed by atoms with van der Waals surface area (Å²) in [5.41, 5.74) is 2.11. The van der Waals surface area contributed by atoms with Gasteiger partial charge in [0, 0.05) is 26.0 Å². The summed E-state index contributed by atoms with van der Waals surface area (Å²) in [4.78, 5) is 17.5. The molecule has 1 amide bonds. The number of pyridine rings is 1. The van der Waals surface area contributed by atoms with Gasteiger partial charge in [-0.1, -0.05) is 0 Å². The maximum absolute atomic E-state index is 11.9. The number of amides is 1. The second kappa shape index (κ2) is 7.38. The lowest BCUT2D eigenvalue weighted by molar-refractivity contribution is -0.139. The first-order valence-electron chi connectivity index (χ1n) is 5.87. The van der Waals surface area contributed by atoms with E-state index in [1.807, 2.05) is 19.2 Å². The van der Waals surface area contributed by atoms with Crippen molar-refractivity contribution in [1.29, 1.82) is 0 Å². The van der Waals surface area contributed by atoms with Gasteiger partial charge in [0.25, 0.3) is 5.91 Å². The molecular weight excluding hydrogens is 248 g/mol. The van der Waals surface area contributed by atoms with E-state index in [0.717, 1.165) is 16.9 Å². The van der Waals surface area contributed by atoms with E-state index < -0.39 is 6.10 Å². The van der Waals surface area contributed by atoms with Crippen LogP contribution in [0.25, 0.3) is 0 Å². The lowest BCUT2D eigenvalue weighted by Crippen LogP contribution is -2.36. The topological polar surface area (TPSA) is 53.4 Å². The minimum absolute atomic E-state index is 0.222. The first kappa shape index (κ1) is 15.0. The minimum atomic E-state index is -0.899. The van der Waals surface area contributed by atoms with Crippen LogP contribution in [0, 0.1) is 6.92 Å². The van der Waals surface area contributed by atoms with Crippen LogP contribution in [0.3, 0.4) is 0 Å². The minimum Gasteiger partial charge on any atom is -0.383 e. The molecule has 1 unspecified atom stereocenters. The third-order valence-electron chi connectivity index (χ3n) is 2.80. The molecular formula is C13H20N2O2S. The van der Waals surface area contributed by atoms with E-state index in [1.54, 1.807) is 36.1 Å². The molecule has 0 aromatic carbocycles. The average molecular weight is 268 g/mol. The molecule has 4 nitrogen and oxygen atoms in total. The zero-order chi connectivity index (χ0) is 13.5. The highest BCUT2D eigenvalue weighted by Gasteiger charge is 2.19. The van der Waals surface area contributed by atoms with Crippen LogP contribution < -0.4 is 0 Å². The number of carbonyl (C=O) groups is 1. The molecule has 1 aromatic rings. The van der Waals surface area contributed by atoms with Crippen molar-refractivity contribution in [2.75, 3.05) is 19.1 Å². The number of hydrogen-bond acceptors (Lipinski definition) is 4. The maximum Gasteiger partial charge on any atom is 0.251 e. The zero-order valence-electron chi connectivity index (χ0n) is 11.1. The summed E-state index contributed by atoms with van der Waals surface area (Å²) in [5.74, 6) is 0.565. The molecule has 1 heterocycles. The van der Waals surface area contributed by atoms with Gasteiger partial charge in [0.05, 0.1) is 0 Å². The molecule has 0 bridgehead atoms. The summed E-state index contributed by atoms with van der Waals surface area (Å²) < 4.78 is 0. The third-order valence-corrected chi connectivity index (χ3v) is 3.44. The predicted octanol–water partition coefficient (Wildman–Crippen LogP) is 1.46. The monoisotopic (exact) mass is 268 g/mol. The molecule has 0 fully saturated rings. The Kier molecular flexibility index (Phi) is 6.15. The van der Waals surface area contributed by atoms with Crippen LogP contribution in [0.15, 0.2) is 18.5 Å². The van der Waals surface area contributed by atoms with Gasteiger partial charge in [-0.15, -0.1) is 0 Å². The Bertz CT molecular complexity index is 398. The Hall–Kier alpha value is -1.07. The van der Waals surface area contributed by atoms with Gasteiger partial charge in [-0.2, -0.15) is 11.8 Å². The molecule has 1 aromatic heterocycles. The van der Waals surface area contributed by atoms with Crippen molar-refractivity contribution < 1.29 is 9.90 Å². The van der Waals surface area contributed by atoms with Crippen molar-refractivity contribution in [1.82, 2.24) is 9.88 Å². The number of thioether (sulfide) groups is 1. The second-order valence-electron chi connectivity index (χ2n) is 4.29. The molecule has 0 saturated heterocycles. The van der Waals surface area contributed by atoms with Gasteiger partial charge in [-0.05, 0) is 42.5 Å². The van der Waals surface area contributed by atoms with E-state index in [1.165, 1.54) is 0 Å². The first-order valence-corrected chi connectivity index (χ1v) is 7.27.